The zero-order valence-corrected chi connectivity index (χ0v) is 44.6. The van der Waals surface area contributed by atoms with E-state index in [0.717, 1.165) is 16.7 Å². The number of quaternary nitrogens is 1. The summed E-state index contributed by atoms with van der Waals surface area (Å²) in [5, 5.41) is 21.2. The highest BCUT2D eigenvalue weighted by Crippen LogP contribution is 2.39. The van der Waals surface area contributed by atoms with E-state index in [9.17, 15) is 33.4 Å². The minimum atomic E-state index is -1.86. The molecule has 4 fully saturated rings. The van der Waals surface area contributed by atoms with Gasteiger partial charge in [-0.25, -0.2) is 14.6 Å². The molecule has 24 heteroatoms. The lowest BCUT2D eigenvalue weighted by molar-refractivity contribution is -0.924. The summed E-state index contributed by atoms with van der Waals surface area (Å²) in [4.78, 5) is 83.2. The van der Waals surface area contributed by atoms with Gasteiger partial charge in [-0.3, -0.25) is 23.5 Å². The number of aryl methyl sites for hydroxylation is 1. The highest BCUT2D eigenvalue weighted by molar-refractivity contribution is 7.86. The van der Waals surface area contributed by atoms with E-state index >= 15 is 0 Å². The van der Waals surface area contributed by atoms with Crippen molar-refractivity contribution < 1.29 is 70.6 Å². The third kappa shape index (κ3) is 11.9. The lowest BCUT2D eigenvalue weighted by Gasteiger charge is -2.50. The number of thiazole rings is 1. The molecular weight excluding hydrogens is 1010 g/mol. The number of hydrogen-bond donors (Lipinski definition) is 1. The summed E-state index contributed by atoms with van der Waals surface area (Å²) in [5.41, 5.74) is -1.17. The molecular formula is C51H59BN7O14S2+. The number of aromatic nitrogens is 2. The molecule has 4 saturated heterocycles. The van der Waals surface area contributed by atoms with Crippen LogP contribution in [0.2, 0.25) is 0 Å². The van der Waals surface area contributed by atoms with Gasteiger partial charge in [0.05, 0.1) is 68.0 Å². The average Bonchev–Trinajstić information content (AvgIpc) is 3.63. The van der Waals surface area contributed by atoms with Gasteiger partial charge in [0.1, 0.15) is 59.7 Å². The minimum absolute atomic E-state index is 0.00824. The number of pyridine rings is 1. The maximum atomic E-state index is 14.5. The van der Waals surface area contributed by atoms with Gasteiger partial charge in [0.15, 0.2) is 11.5 Å². The number of nitrogens with zero attached hydrogens (tertiary/aromatic N) is 6. The van der Waals surface area contributed by atoms with Crippen molar-refractivity contribution in [3.8, 4) is 23.0 Å². The Hall–Kier alpha value is -7.05. The number of methoxy groups -OCH3 is 2. The summed E-state index contributed by atoms with van der Waals surface area (Å²) in [6.45, 7) is 11.5. The summed E-state index contributed by atoms with van der Waals surface area (Å²) < 4.78 is 48.1. The topological polar surface area (TPSA) is 238 Å². The number of piperidine rings is 1. The first-order chi connectivity index (χ1) is 35.6. The average molecular weight is 1070 g/mol. The summed E-state index contributed by atoms with van der Waals surface area (Å²) in [6, 6.07) is 13.7. The predicted molar refractivity (Wildman–Crippen MR) is 273 cm³/mol. The van der Waals surface area contributed by atoms with Gasteiger partial charge in [0.25, 0.3) is 17.5 Å². The second-order valence-corrected chi connectivity index (χ2v) is 22.7. The quantitative estimate of drug-likeness (QED) is 0.0219. The number of oxime groups is 1. The fraction of sp³-hybridized carbons (Fsp3) is 0.451. The Morgan fingerprint density at radius 1 is 0.960 bits per heavy atom. The second kappa shape index (κ2) is 22.0. The third-order valence-corrected chi connectivity index (χ3v) is 15.8. The van der Waals surface area contributed by atoms with Crippen molar-refractivity contribution in [1.82, 2.24) is 20.1 Å². The fourth-order valence-electron chi connectivity index (χ4n) is 9.32. The standard InChI is InChI=1S/C51H58BN7O14S2/c1-30-53-37(28-74-30)41(55-73-51(5,6)49(64)71-50(2,3)4)44(60)54-42-46(62)58-43(48(63)70-27-32-11-15-36(68-8)16-12-32)33(29-75(66)47(42)58)25-59-20-17-34(18-21-59)56(19-22-59)45(61)38-23-39(72-52)40(24-57(38)65)69-26-31-9-13-35(67-7)14-10-31/h9-16,23-24,28,34,42,47H,17-22,25-27,29H2,1-8H3/p+1/b55-41-/t34?,42-,47-,59?,75?/m1/s1. The van der Waals surface area contributed by atoms with E-state index in [-0.39, 0.29) is 72.4 Å². The summed E-state index contributed by atoms with van der Waals surface area (Å²) in [5.74, 6) is -2.55. The molecule has 5 aliphatic rings. The molecule has 3 amide bonds. The highest BCUT2D eigenvalue weighted by atomic mass is 32.2. The largest absolute Gasteiger partial charge is 0.618 e. The number of fused-ring (bicyclic) bond motifs is 5. The van der Waals surface area contributed by atoms with E-state index in [1.54, 1.807) is 93.6 Å². The molecule has 21 nitrogen and oxygen atoms in total. The Labute approximate surface area is 441 Å². The SMILES string of the molecule is [B]Oc1cc(C(=O)N2CC[N+]3(CC4=C(C(=O)OCc5ccc(OC)cc5)N5C(=O)[C@@H](NC(=O)/C(=N\OC(C)(C)C(=O)OC(C)(C)C)c6csc(C)n6)[C@H]5S(=O)C4)CCC2CC3)[n+]([O-])cc1OCc1ccc(OC)cc1. The van der Waals surface area contributed by atoms with Crippen LogP contribution in [0.5, 0.6) is 23.0 Å². The Morgan fingerprint density at radius 2 is 1.60 bits per heavy atom. The lowest BCUT2D eigenvalue weighted by Crippen LogP contribution is -2.74. The van der Waals surface area contributed by atoms with E-state index in [2.05, 4.69) is 15.5 Å². The molecule has 0 saturated carbocycles. The van der Waals surface area contributed by atoms with Crippen LogP contribution in [-0.4, -0.2) is 148 Å². The van der Waals surface area contributed by atoms with E-state index in [1.807, 2.05) is 0 Å². The first-order valence-corrected chi connectivity index (χ1v) is 26.4. The number of esters is 2. The molecule has 2 bridgehead atoms. The normalized spacial score (nSPS) is 21.5. The molecule has 0 spiro atoms. The molecule has 0 aliphatic carbocycles. The molecule has 7 heterocycles. The van der Waals surface area contributed by atoms with Gasteiger partial charge in [-0.15, -0.1) is 11.3 Å². The summed E-state index contributed by atoms with van der Waals surface area (Å²) >= 11 is 1.23. The molecule has 1 N–H and O–H groups in total. The summed E-state index contributed by atoms with van der Waals surface area (Å²) in [6.07, 6.45) is 2.19. The van der Waals surface area contributed by atoms with Crippen LogP contribution in [0.1, 0.15) is 79.8 Å². The number of rotatable bonds is 18. The molecule has 75 heavy (non-hydrogen) atoms. The van der Waals surface area contributed by atoms with Crippen LogP contribution in [0.25, 0.3) is 0 Å². The fourth-order valence-corrected chi connectivity index (χ4v) is 11.6. The molecule has 1 unspecified atom stereocenters. The van der Waals surface area contributed by atoms with Crippen molar-refractivity contribution in [2.75, 3.05) is 52.7 Å². The predicted octanol–water partition coefficient (Wildman–Crippen LogP) is 3.53. The molecule has 2 aromatic heterocycles. The number of amides is 3. The Morgan fingerprint density at radius 3 is 2.19 bits per heavy atom. The highest BCUT2D eigenvalue weighted by Gasteiger charge is 2.59. The number of ether oxygens (including phenoxy) is 5. The first kappa shape index (κ1) is 54.2. The van der Waals surface area contributed by atoms with Crippen molar-refractivity contribution in [2.24, 2.45) is 5.16 Å². The van der Waals surface area contributed by atoms with Crippen LogP contribution < -0.4 is 28.9 Å². The molecule has 2 aromatic carbocycles. The summed E-state index contributed by atoms with van der Waals surface area (Å²) in [7, 11) is 6.86. The van der Waals surface area contributed by atoms with Crippen LogP contribution in [0.3, 0.4) is 0 Å². The Kier molecular flexibility index (Phi) is 15.9. The lowest BCUT2D eigenvalue weighted by atomic mass is 9.99. The van der Waals surface area contributed by atoms with E-state index < -0.39 is 63.1 Å². The van der Waals surface area contributed by atoms with Gasteiger partial charge in [-0.2, -0.15) is 4.73 Å². The molecule has 3 atom stereocenters. The first-order valence-electron chi connectivity index (χ1n) is 24.1. The van der Waals surface area contributed by atoms with E-state index in [1.165, 1.54) is 38.4 Å². The van der Waals surface area contributed by atoms with Gasteiger partial charge < -0.3 is 53.1 Å². The number of benzene rings is 2. The monoisotopic (exact) mass is 1070 g/mol. The number of carbonyl (C=O) groups is 5. The molecule has 2 radical (unpaired) electrons. The molecule has 396 valence electrons. The van der Waals surface area contributed by atoms with Crippen LogP contribution in [0, 0.1) is 12.1 Å². The Balaban J connectivity index is 1.03. The van der Waals surface area contributed by atoms with Crippen molar-refractivity contribution >= 4 is 65.6 Å². The minimum Gasteiger partial charge on any atom is -0.618 e. The number of hydrogen-bond acceptors (Lipinski definition) is 17. The number of β-lactam (4-membered cyclic amide) rings is 1. The van der Waals surface area contributed by atoms with E-state index in [0.29, 0.717) is 69.3 Å². The molecule has 4 aromatic rings. The maximum absolute atomic E-state index is 14.5. The van der Waals surface area contributed by atoms with Gasteiger partial charge in [-0.05, 0) is 76.9 Å². The smallest absolute Gasteiger partial charge is 0.374 e. The molecule has 9 rings (SSSR count). The van der Waals surface area contributed by atoms with Crippen molar-refractivity contribution in [3.05, 3.63) is 110 Å². The third-order valence-electron chi connectivity index (χ3n) is 13.3. The second-order valence-electron chi connectivity index (χ2n) is 20.1. The number of carbonyl (C=O) groups excluding carboxylic acids is 5. The van der Waals surface area contributed by atoms with Crippen LogP contribution in [0.15, 0.2) is 82.6 Å². The Bertz CT molecular complexity index is 2930. The number of nitrogens with one attached hydrogen (secondary N) is 1. The van der Waals surface area contributed by atoms with Gasteiger partial charge in [0.2, 0.25) is 17.5 Å². The zero-order chi connectivity index (χ0) is 54.0. The van der Waals surface area contributed by atoms with Crippen molar-refractivity contribution in [2.45, 2.75) is 96.3 Å². The van der Waals surface area contributed by atoms with Crippen molar-refractivity contribution in [1.29, 1.82) is 0 Å². The van der Waals surface area contributed by atoms with Crippen LogP contribution in [0.4, 0.5) is 0 Å². The van der Waals surface area contributed by atoms with Gasteiger partial charge in [-0.1, -0.05) is 29.4 Å². The zero-order valence-electron chi connectivity index (χ0n) is 42.9. The van der Waals surface area contributed by atoms with Gasteiger partial charge in [0, 0.05) is 29.8 Å². The molecule has 5 aliphatic heterocycles. The van der Waals surface area contributed by atoms with E-state index in [4.69, 9.17) is 41.2 Å². The van der Waals surface area contributed by atoms with Crippen LogP contribution >= 0.6 is 11.3 Å². The van der Waals surface area contributed by atoms with Crippen molar-refractivity contribution in [3.63, 3.8) is 0 Å². The van der Waals surface area contributed by atoms with Crippen LogP contribution in [-0.2, 0) is 57.5 Å². The maximum Gasteiger partial charge on any atom is 0.374 e. The van der Waals surface area contributed by atoms with Gasteiger partial charge >= 0.3 is 25.9 Å².